The molecule has 0 aliphatic rings. The van der Waals surface area contributed by atoms with Crippen molar-refractivity contribution < 1.29 is 9.53 Å². The molecule has 0 saturated heterocycles. The van der Waals surface area contributed by atoms with Crippen molar-refractivity contribution in [2.24, 2.45) is 0 Å². The molecule has 2 aromatic rings. The molecule has 0 aliphatic carbocycles. The fourth-order valence-corrected chi connectivity index (χ4v) is 2.42. The molecular formula is C14H14Cl2N2O2. The number of carbonyl (C=O) groups excluding carboxylic acids is 1. The summed E-state index contributed by atoms with van der Waals surface area (Å²) in [5, 5.41) is 5.22. The van der Waals surface area contributed by atoms with E-state index in [1.54, 1.807) is 23.1 Å². The molecule has 1 heterocycles. The lowest BCUT2D eigenvalue weighted by atomic mass is 10.0. The molecule has 1 aromatic heterocycles. The van der Waals surface area contributed by atoms with Crippen LogP contribution < -0.4 is 0 Å². The van der Waals surface area contributed by atoms with Gasteiger partial charge in [-0.05, 0) is 29.7 Å². The zero-order valence-electron chi connectivity index (χ0n) is 11.2. The Labute approximate surface area is 127 Å². The lowest BCUT2D eigenvalue weighted by molar-refractivity contribution is -0.139. The van der Waals surface area contributed by atoms with Crippen molar-refractivity contribution in [1.82, 2.24) is 9.78 Å². The van der Waals surface area contributed by atoms with E-state index in [-0.39, 0.29) is 12.4 Å². The highest BCUT2D eigenvalue weighted by molar-refractivity contribution is 6.32. The minimum atomic E-state index is -0.309. The third kappa shape index (κ3) is 3.14. The Bertz CT molecular complexity index is 638. The van der Waals surface area contributed by atoms with Crippen molar-refractivity contribution in [1.29, 1.82) is 0 Å². The van der Waals surface area contributed by atoms with Crippen LogP contribution in [0, 0.1) is 0 Å². The van der Waals surface area contributed by atoms with Crippen LogP contribution in [-0.4, -0.2) is 22.9 Å². The number of ether oxygens (including phenoxy) is 1. The van der Waals surface area contributed by atoms with E-state index < -0.39 is 0 Å². The maximum absolute atomic E-state index is 11.4. The topological polar surface area (TPSA) is 44.1 Å². The lowest BCUT2D eigenvalue weighted by Gasteiger charge is -2.12. The number of methoxy groups -OCH3 is 1. The van der Waals surface area contributed by atoms with Crippen molar-refractivity contribution >= 4 is 29.2 Å². The van der Waals surface area contributed by atoms with Crippen LogP contribution in [0.15, 0.2) is 24.5 Å². The van der Waals surface area contributed by atoms with Crippen LogP contribution in [0.1, 0.15) is 18.1 Å². The first-order valence-corrected chi connectivity index (χ1v) is 6.89. The van der Waals surface area contributed by atoms with Crippen molar-refractivity contribution in [3.8, 4) is 5.69 Å². The van der Waals surface area contributed by atoms with Gasteiger partial charge in [-0.2, -0.15) is 5.10 Å². The number of carbonyl (C=O) groups is 1. The van der Waals surface area contributed by atoms with Crippen LogP contribution in [0.3, 0.4) is 0 Å². The zero-order valence-corrected chi connectivity index (χ0v) is 12.7. The summed E-state index contributed by atoms with van der Waals surface area (Å²) in [5.74, 6) is -0.309. The van der Waals surface area contributed by atoms with Gasteiger partial charge in [0, 0.05) is 11.2 Å². The molecule has 2 rings (SSSR count). The molecule has 4 nitrogen and oxygen atoms in total. The van der Waals surface area contributed by atoms with Gasteiger partial charge >= 0.3 is 5.97 Å². The maximum Gasteiger partial charge on any atom is 0.310 e. The molecule has 0 saturated carbocycles. The Morgan fingerprint density at radius 3 is 2.70 bits per heavy atom. The average molecular weight is 313 g/mol. The molecule has 1 aromatic carbocycles. The van der Waals surface area contributed by atoms with Crippen LogP contribution in [0.2, 0.25) is 10.0 Å². The molecule has 106 valence electrons. The third-order valence-corrected chi connectivity index (χ3v) is 3.55. The minimum absolute atomic E-state index is 0.165. The van der Waals surface area contributed by atoms with Crippen LogP contribution in [0.5, 0.6) is 0 Å². The predicted molar refractivity (Wildman–Crippen MR) is 78.7 cm³/mol. The summed E-state index contributed by atoms with van der Waals surface area (Å²) in [7, 11) is 1.36. The highest BCUT2D eigenvalue weighted by Crippen LogP contribution is 2.26. The van der Waals surface area contributed by atoms with Gasteiger partial charge in [-0.15, -0.1) is 0 Å². The zero-order chi connectivity index (χ0) is 14.7. The van der Waals surface area contributed by atoms with Gasteiger partial charge in [0.2, 0.25) is 0 Å². The first-order valence-electron chi connectivity index (χ1n) is 6.13. The van der Waals surface area contributed by atoms with Gasteiger partial charge in [0.05, 0.1) is 30.4 Å². The van der Waals surface area contributed by atoms with Crippen molar-refractivity contribution in [2.75, 3.05) is 7.11 Å². The van der Waals surface area contributed by atoms with Crippen molar-refractivity contribution in [3.63, 3.8) is 0 Å². The van der Waals surface area contributed by atoms with Gasteiger partial charge in [-0.3, -0.25) is 4.79 Å². The largest absolute Gasteiger partial charge is 0.469 e. The Balaban J connectivity index is 2.44. The number of esters is 1. The Morgan fingerprint density at radius 2 is 2.15 bits per heavy atom. The molecule has 0 bridgehead atoms. The summed E-state index contributed by atoms with van der Waals surface area (Å²) in [6, 6.07) is 3.72. The fourth-order valence-electron chi connectivity index (χ4n) is 1.98. The number of nitrogens with zero attached hydrogens (tertiary/aromatic N) is 2. The Hall–Kier alpha value is -1.52. The first kappa shape index (κ1) is 14.9. The second kappa shape index (κ2) is 6.29. The smallest absolute Gasteiger partial charge is 0.310 e. The number of rotatable bonds is 4. The Morgan fingerprint density at radius 1 is 1.40 bits per heavy atom. The van der Waals surface area contributed by atoms with Gasteiger partial charge in [-0.1, -0.05) is 30.1 Å². The normalized spacial score (nSPS) is 10.6. The predicted octanol–water partition coefficient (Wildman–Crippen LogP) is 3.46. The van der Waals surface area contributed by atoms with Gasteiger partial charge in [0.1, 0.15) is 0 Å². The highest BCUT2D eigenvalue weighted by Gasteiger charge is 2.14. The molecule has 0 unspecified atom stereocenters. The fraction of sp³-hybridized carbons (Fsp3) is 0.286. The first-order chi connectivity index (χ1) is 9.55. The van der Waals surface area contributed by atoms with E-state index in [1.807, 2.05) is 13.0 Å². The van der Waals surface area contributed by atoms with Crippen molar-refractivity contribution in [3.05, 3.63) is 45.7 Å². The molecule has 0 N–H and O–H groups in total. The van der Waals surface area contributed by atoms with Crippen LogP contribution in [0.4, 0.5) is 0 Å². The number of benzene rings is 1. The number of aryl methyl sites for hydroxylation is 1. The lowest BCUT2D eigenvalue weighted by Crippen LogP contribution is -2.08. The molecule has 0 aliphatic heterocycles. The van der Waals surface area contributed by atoms with E-state index in [1.165, 1.54) is 7.11 Å². The quantitative estimate of drug-likeness (QED) is 0.812. The van der Waals surface area contributed by atoms with Crippen molar-refractivity contribution in [2.45, 2.75) is 19.8 Å². The van der Waals surface area contributed by atoms with Gasteiger partial charge in [0.15, 0.2) is 0 Å². The molecule has 20 heavy (non-hydrogen) atoms. The van der Waals surface area contributed by atoms with Crippen LogP contribution >= 0.6 is 23.2 Å². The molecule has 0 radical (unpaired) electrons. The van der Waals surface area contributed by atoms with E-state index in [9.17, 15) is 4.79 Å². The van der Waals surface area contributed by atoms with Gasteiger partial charge in [-0.25, -0.2) is 4.68 Å². The SMILES string of the molecule is CCc1cc(-n2cc(Cl)cn2)cc(Cl)c1CC(=O)OC. The molecule has 0 fully saturated rings. The summed E-state index contributed by atoms with van der Waals surface area (Å²) in [5.41, 5.74) is 2.60. The van der Waals surface area contributed by atoms with Gasteiger partial charge in [0.25, 0.3) is 0 Å². The van der Waals surface area contributed by atoms with E-state index in [2.05, 4.69) is 5.10 Å². The molecule has 0 spiro atoms. The summed E-state index contributed by atoms with van der Waals surface area (Å²) in [4.78, 5) is 11.4. The van der Waals surface area contributed by atoms with Gasteiger partial charge < -0.3 is 4.74 Å². The molecule has 0 atom stereocenters. The maximum atomic E-state index is 11.4. The highest BCUT2D eigenvalue weighted by atomic mass is 35.5. The van der Waals surface area contributed by atoms with Crippen LogP contribution in [-0.2, 0) is 22.4 Å². The second-order valence-corrected chi connectivity index (χ2v) is 5.12. The standard InChI is InChI=1S/C14H14Cl2N2O2/c1-3-9-4-11(18-8-10(15)7-17-18)5-13(16)12(9)6-14(19)20-2/h4-5,7-8H,3,6H2,1-2H3. The van der Waals surface area contributed by atoms with E-state index in [4.69, 9.17) is 27.9 Å². The number of hydrogen-bond donors (Lipinski definition) is 0. The van der Waals surface area contributed by atoms with Crippen LogP contribution in [0.25, 0.3) is 5.69 Å². The van der Waals surface area contributed by atoms with E-state index in [0.29, 0.717) is 10.0 Å². The second-order valence-electron chi connectivity index (χ2n) is 4.27. The summed E-state index contributed by atoms with van der Waals surface area (Å²) in [6.45, 7) is 2.01. The summed E-state index contributed by atoms with van der Waals surface area (Å²) >= 11 is 12.2. The molecule has 6 heteroatoms. The average Bonchev–Trinajstić information content (AvgIpc) is 2.87. The number of aromatic nitrogens is 2. The number of halogens is 2. The summed E-state index contributed by atoms with van der Waals surface area (Å²) < 4.78 is 6.34. The monoisotopic (exact) mass is 312 g/mol. The molecular weight excluding hydrogens is 299 g/mol. The molecule has 0 amide bonds. The third-order valence-electron chi connectivity index (χ3n) is 3.02. The van der Waals surface area contributed by atoms with E-state index in [0.717, 1.165) is 23.2 Å². The Kier molecular flexibility index (Phi) is 4.68. The number of hydrogen-bond acceptors (Lipinski definition) is 3. The minimum Gasteiger partial charge on any atom is -0.469 e. The van der Waals surface area contributed by atoms with E-state index >= 15 is 0 Å². The summed E-state index contributed by atoms with van der Waals surface area (Å²) in [6.07, 6.45) is 4.18.